The van der Waals surface area contributed by atoms with Crippen LogP contribution in [0, 0.1) is 13.8 Å². The van der Waals surface area contributed by atoms with Crippen molar-refractivity contribution in [2.24, 2.45) is 0 Å². The van der Waals surface area contributed by atoms with Crippen LogP contribution in [0.25, 0.3) is 0 Å². The number of aryl methyl sites for hydroxylation is 2. The number of rotatable bonds is 6. The highest BCUT2D eigenvalue weighted by Gasteiger charge is 2.36. The van der Waals surface area contributed by atoms with Crippen LogP contribution in [0.4, 0.5) is 21.9 Å². The van der Waals surface area contributed by atoms with Crippen LogP contribution in [0.15, 0.2) is 131 Å². The third-order valence-electron chi connectivity index (χ3n) is 7.13. The SMILES string of the molecule is Cc1cc(C)cc(NC(=O)C(Sc2cccc(NC(=O)N3c4ccccc4SC4C=CC=CC43)c2)c2ccccc2)c1. The van der Waals surface area contributed by atoms with Crippen molar-refractivity contribution in [1.82, 2.24) is 0 Å². The Morgan fingerprint density at radius 2 is 1.52 bits per heavy atom. The molecule has 0 saturated carbocycles. The van der Waals surface area contributed by atoms with Crippen molar-refractivity contribution >= 4 is 52.5 Å². The van der Waals surface area contributed by atoms with Gasteiger partial charge in [-0.3, -0.25) is 9.69 Å². The topological polar surface area (TPSA) is 61.4 Å². The lowest BCUT2D eigenvalue weighted by Crippen LogP contribution is -2.49. The van der Waals surface area contributed by atoms with E-state index in [4.69, 9.17) is 0 Å². The number of thioether (sulfide) groups is 2. The highest BCUT2D eigenvalue weighted by atomic mass is 32.2. The van der Waals surface area contributed by atoms with Crippen molar-refractivity contribution in [3.8, 4) is 0 Å². The Kier molecular flexibility index (Phi) is 8.22. The summed E-state index contributed by atoms with van der Waals surface area (Å²) < 4.78 is 0. The predicted octanol–water partition coefficient (Wildman–Crippen LogP) is 8.78. The minimum Gasteiger partial charge on any atom is -0.325 e. The molecule has 210 valence electrons. The van der Waals surface area contributed by atoms with Crippen LogP contribution in [0.3, 0.4) is 0 Å². The Hall–Kier alpha value is -4.20. The summed E-state index contributed by atoms with van der Waals surface area (Å²) in [5.41, 5.74) is 5.46. The second kappa shape index (κ2) is 12.3. The van der Waals surface area contributed by atoms with Crippen molar-refractivity contribution in [2.45, 2.75) is 40.2 Å². The van der Waals surface area contributed by atoms with E-state index in [0.717, 1.165) is 37.9 Å². The number of allylic oxidation sites excluding steroid dienone is 2. The Morgan fingerprint density at radius 3 is 2.33 bits per heavy atom. The minimum atomic E-state index is -0.483. The van der Waals surface area contributed by atoms with Gasteiger partial charge in [-0.25, -0.2) is 4.79 Å². The van der Waals surface area contributed by atoms with Gasteiger partial charge in [0.15, 0.2) is 0 Å². The van der Waals surface area contributed by atoms with Crippen molar-refractivity contribution in [2.75, 3.05) is 15.5 Å². The molecule has 42 heavy (non-hydrogen) atoms. The summed E-state index contributed by atoms with van der Waals surface area (Å²) >= 11 is 3.24. The number of hydrogen-bond acceptors (Lipinski definition) is 4. The smallest absolute Gasteiger partial charge is 0.325 e. The molecule has 4 aromatic carbocycles. The van der Waals surface area contributed by atoms with Gasteiger partial charge in [0.25, 0.3) is 0 Å². The molecule has 0 bridgehead atoms. The largest absolute Gasteiger partial charge is 0.326 e. The van der Waals surface area contributed by atoms with Crippen LogP contribution in [0.2, 0.25) is 0 Å². The first-order valence-electron chi connectivity index (χ1n) is 13.9. The van der Waals surface area contributed by atoms with Gasteiger partial charge in [-0.05, 0) is 73.0 Å². The summed E-state index contributed by atoms with van der Waals surface area (Å²) in [6, 6.07) is 31.3. The van der Waals surface area contributed by atoms with Gasteiger partial charge in [0, 0.05) is 21.2 Å². The fourth-order valence-electron chi connectivity index (χ4n) is 5.35. The first-order valence-corrected chi connectivity index (χ1v) is 15.6. The molecule has 2 aliphatic rings. The average molecular weight is 590 g/mol. The van der Waals surface area contributed by atoms with Crippen LogP contribution in [-0.4, -0.2) is 23.2 Å². The lowest BCUT2D eigenvalue weighted by atomic mass is 10.1. The van der Waals surface area contributed by atoms with E-state index >= 15 is 0 Å². The van der Waals surface area contributed by atoms with Crippen LogP contribution in [-0.2, 0) is 4.79 Å². The van der Waals surface area contributed by atoms with Crippen LogP contribution in [0.1, 0.15) is 21.9 Å². The third kappa shape index (κ3) is 6.17. The molecule has 6 rings (SSSR count). The Bertz CT molecular complexity index is 1660. The molecule has 7 heteroatoms. The van der Waals surface area contributed by atoms with E-state index in [2.05, 4.69) is 34.9 Å². The molecule has 3 unspecified atom stereocenters. The van der Waals surface area contributed by atoms with Gasteiger partial charge in [-0.15, -0.1) is 23.5 Å². The molecule has 3 amide bonds. The van der Waals surface area contributed by atoms with Gasteiger partial charge in [0.2, 0.25) is 5.91 Å². The molecular weight excluding hydrogens is 559 g/mol. The Balaban J connectivity index is 1.24. The summed E-state index contributed by atoms with van der Waals surface area (Å²) in [6.45, 7) is 4.04. The van der Waals surface area contributed by atoms with Crippen molar-refractivity contribution < 1.29 is 9.59 Å². The first kappa shape index (κ1) is 27.9. The van der Waals surface area contributed by atoms with Crippen molar-refractivity contribution in [3.63, 3.8) is 0 Å². The van der Waals surface area contributed by atoms with E-state index in [1.54, 1.807) is 11.8 Å². The Morgan fingerprint density at radius 1 is 0.786 bits per heavy atom. The normalized spacial score (nSPS) is 17.6. The zero-order valence-corrected chi connectivity index (χ0v) is 25.0. The van der Waals surface area contributed by atoms with Crippen LogP contribution < -0.4 is 15.5 Å². The zero-order chi connectivity index (χ0) is 29.1. The van der Waals surface area contributed by atoms with E-state index < -0.39 is 5.25 Å². The molecule has 0 saturated heterocycles. The van der Waals surface area contributed by atoms with Gasteiger partial charge in [0.05, 0.1) is 17.0 Å². The lowest BCUT2D eigenvalue weighted by Gasteiger charge is -2.40. The van der Waals surface area contributed by atoms with Crippen LogP contribution >= 0.6 is 23.5 Å². The van der Waals surface area contributed by atoms with Crippen molar-refractivity contribution in [3.05, 3.63) is 138 Å². The fraction of sp³-hybridized carbons (Fsp3) is 0.143. The molecular formula is C35H31N3O2S2. The number of anilines is 3. The summed E-state index contributed by atoms with van der Waals surface area (Å²) in [4.78, 5) is 31.2. The van der Waals surface area contributed by atoms with Gasteiger partial charge in [-0.2, -0.15) is 0 Å². The number of fused-ring (bicyclic) bond motifs is 2. The maximum absolute atomic E-state index is 13.8. The predicted molar refractivity (Wildman–Crippen MR) is 176 cm³/mol. The average Bonchev–Trinajstić information content (AvgIpc) is 2.98. The summed E-state index contributed by atoms with van der Waals surface area (Å²) in [5, 5.41) is 5.91. The number of para-hydroxylation sites is 1. The molecule has 1 aliphatic carbocycles. The monoisotopic (exact) mass is 589 g/mol. The third-order valence-corrected chi connectivity index (χ3v) is 9.69. The minimum absolute atomic E-state index is 0.0797. The summed E-state index contributed by atoms with van der Waals surface area (Å²) in [6.07, 6.45) is 8.27. The maximum atomic E-state index is 13.8. The number of amides is 3. The molecule has 3 atom stereocenters. The van der Waals surface area contributed by atoms with E-state index in [0.29, 0.717) is 5.69 Å². The van der Waals surface area contributed by atoms with E-state index in [9.17, 15) is 9.59 Å². The molecule has 1 aliphatic heterocycles. The van der Waals surface area contributed by atoms with Crippen molar-refractivity contribution in [1.29, 1.82) is 0 Å². The number of nitrogens with zero attached hydrogens (tertiary/aromatic N) is 1. The number of hydrogen-bond donors (Lipinski definition) is 2. The summed E-state index contributed by atoms with van der Waals surface area (Å²) in [5.74, 6) is -0.101. The molecule has 0 radical (unpaired) electrons. The summed E-state index contributed by atoms with van der Waals surface area (Å²) in [7, 11) is 0. The lowest BCUT2D eigenvalue weighted by molar-refractivity contribution is -0.115. The molecule has 5 nitrogen and oxygen atoms in total. The van der Waals surface area contributed by atoms with E-state index in [1.165, 1.54) is 11.8 Å². The molecule has 0 spiro atoms. The molecule has 1 heterocycles. The van der Waals surface area contributed by atoms with Gasteiger partial charge in [-0.1, -0.05) is 78.9 Å². The standard InChI is InChI=1S/C35H31N3O2S2/c1-23-19-24(2)21-27(20-23)36-34(39)33(25-11-4-3-5-12-25)41-28-14-10-13-26(22-28)37-35(40)38-29-15-6-8-17-31(29)42-32-18-9-7-16-30(32)38/h3-22,29,31,33H,1-2H3,(H,36,39)(H,37,40). The van der Waals surface area contributed by atoms with Gasteiger partial charge in [0.1, 0.15) is 5.25 Å². The zero-order valence-electron chi connectivity index (χ0n) is 23.4. The molecule has 4 aromatic rings. The highest BCUT2D eigenvalue weighted by Crippen LogP contribution is 2.44. The fourth-order valence-corrected chi connectivity index (χ4v) is 7.69. The van der Waals surface area contributed by atoms with Crippen LogP contribution in [0.5, 0.6) is 0 Å². The molecule has 0 fully saturated rings. The van der Waals surface area contributed by atoms with E-state index in [1.807, 2.05) is 116 Å². The van der Waals surface area contributed by atoms with Gasteiger partial charge >= 0.3 is 6.03 Å². The molecule has 2 N–H and O–H groups in total. The number of carbonyl (C=O) groups is 2. The van der Waals surface area contributed by atoms with Gasteiger partial charge < -0.3 is 10.6 Å². The maximum Gasteiger partial charge on any atom is 0.326 e. The second-order valence-electron chi connectivity index (χ2n) is 10.4. The number of urea groups is 1. The first-order chi connectivity index (χ1) is 20.4. The van der Waals surface area contributed by atoms with E-state index in [-0.39, 0.29) is 23.2 Å². The number of nitrogens with one attached hydrogen (secondary N) is 2. The quantitative estimate of drug-likeness (QED) is 0.221. The Labute approximate surface area is 255 Å². The highest BCUT2D eigenvalue weighted by molar-refractivity contribution is 8.00. The number of carbonyl (C=O) groups excluding carboxylic acids is 2. The second-order valence-corrected chi connectivity index (χ2v) is 12.8. The number of benzene rings is 4. The molecule has 0 aromatic heterocycles.